The van der Waals surface area contributed by atoms with Gasteiger partial charge < -0.3 is 19.9 Å². The van der Waals surface area contributed by atoms with Crippen LogP contribution in [0.1, 0.15) is 20.8 Å². The van der Waals surface area contributed by atoms with Crippen LogP contribution in [0.25, 0.3) is 0 Å². The molecule has 1 N–H and O–H groups in total. The SMILES string of the molecule is CCOc1ccc(N2C[C@H]3CN(C(=O)NCCS(C)(=O)=O)C[C@@H]2C(C)C3C)cc1. The number of piperidine rings is 1. The van der Waals surface area contributed by atoms with Gasteiger partial charge in [-0.15, -0.1) is 0 Å². The number of benzene rings is 1. The van der Waals surface area contributed by atoms with E-state index in [2.05, 4.69) is 36.2 Å². The Morgan fingerprint density at radius 2 is 1.83 bits per heavy atom. The van der Waals surface area contributed by atoms with Crippen LogP contribution in [-0.2, 0) is 9.84 Å². The van der Waals surface area contributed by atoms with Gasteiger partial charge in [0, 0.05) is 44.2 Å². The van der Waals surface area contributed by atoms with Gasteiger partial charge in [0.25, 0.3) is 0 Å². The number of fused-ring (bicyclic) bond motifs is 4. The summed E-state index contributed by atoms with van der Waals surface area (Å²) in [6, 6.07) is 8.25. The summed E-state index contributed by atoms with van der Waals surface area (Å²) in [5.41, 5.74) is 1.15. The third-order valence-electron chi connectivity index (χ3n) is 6.39. The Morgan fingerprint density at radius 3 is 2.45 bits per heavy atom. The minimum Gasteiger partial charge on any atom is -0.494 e. The monoisotopic (exact) mass is 423 g/mol. The van der Waals surface area contributed by atoms with Crippen LogP contribution in [0.3, 0.4) is 0 Å². The lowest BCUT2D eigenvalue weighted by Gasteiger charge is -2.45. The first-order valence-corrected chi connectivity index (χ1v) is 12.5. The molecule has 4 atom stereocenters. The van der Waals surface area contributed by atoms with Crippen LogP contribution in [0.15, 0.2) is 24.3 Å². The van der Waals surface area contributed by atoms with Gasteiger partial charge in [-0.05, 0) is 48.9 Å². The summed E-state index contributed by atoms with van der Waals surface area (Å²) in [7, 11) is -3.09. The van der Waals surface area contributed by atoms with E-state index in [9.17, 15) is 13.2 Å². The van der Waals surface area contributed by atoms with Crippen LogP contribution in [-0.4, -0.2) is 70.2 Å². The minimum atomic E-state index is -3.09. The number of nitrogens with zero attached hydrogens (tertiary/aromatic N) is 2. The highest BCUT2D eigenvalue weighted by Crippen LogP contribution is 2.39. The van der Waals surface area contributed by atoms with Crippen molar-refractivity contribution in [2.75, 3.05) is 49.7 Å². The number of sulfone groups is 1. The standard InChI is InChI=1S/C21H33N3O4S/c1-5-28-19-8-6-18(7-9-19)24-13-17-12-23(14-20(24)16(3)15(17)2)21(25)22-10-11-29(4,26)27/h6-9,15-17,20H,5,10-14H2,1-4H3,(H,22,25)/t15?,16?,17-,20-/m1/s1. The maximum Gasteiger partial charge on any atom is 0.317 e. The molecule has 1 aromatic carbocycles. The number of rotatable bonds is 6. The first kappa shape index (κ1) is 21.7. The van der Waals surface area contributed by atoms with Crippen LogP contribution < -0.4 is 15.0 Å². The molecule has 3 aliphatic heterocycles. The van der Waals surface area contributed by atoms with Gasteiger partial charge >= 0.3 is 6.03 Å². The molecule has 0 saturated carbocycles. The second-order valence-electron chi connectivity index (χ2n) is 8.39. The molecular weight excluding hydrogens is 390 g/mol. The molecule has 3 saturated heterocycles. The first-order valence-electron chi connectivity index (χ1n) is 10.4. The highest BCUT2D eigenvalue weighted by atomic mass is 32.2. The third-order valence-corrected chi connectivity index (χ3v) is 7.34. The molecule has 0 aromatic heterocycles. The molecular formula is C21H33N3O4S. The van der Waals surface area contributed by atoms with Gasteiger partial charge in [-0.3, -0.25) is 0 Å². The van der Waals surface area contributed by atoms with E-state index in [-0.39, 0.29) is 24.4 Å². The van der Waals surface area contributed by atoms with E-state index in [4.69, 9.17) is 4.74 Å². The van der Waals surface area contributed by atoms with E-state index in [1.165, 1.54) is 6.26 Å². The molecule has 0 aliphatic carbocycles. The molecule has 1 aromatic rings. The second kappa shape index (κ2) is 8.81. The summed E-state index contributed by atoms with van der Waals surface area (Å²) in [4.78, 5) is 17.0. The Balaban J connectivity index is 1.73. The fraction of sp³-hybridized carbons (Fsp3) is 0.667. The molecule has 3 aliphatic rings. The Hall–Kier alpha value is -1.96. The van der Waals surface area contributed by atoms with Crippen molar-refractivity contribution in [3.63, 3.8) is 0 Å². The summed E-state index contributed by atoms with van der Waals surface area (Å²) in [6.45, 7) is 9.57. The second-order valence-corrected chi connectivity index (χ2v) is 10.7. The van der Waals surface area contributed by atoms with E-state index in [0.29, 0.717) is 37.5 Å². The average Bonchev–Trinajstić information content (AvgIpc) is 2.93. The van der Waals surface area contributed by atoms with Crippen molar-refractivity contribution in [1.82, 2.24) is 10.2 Å². The van der Waals surface area contributed by atoms with Gasteiger partial charge in [0.15, 0.2) is 0 Å². The maximum atomic E-state index is 12.7. The third kappa shape index (κ3) is 5.15. The van der Waals surface area contributed by atoms with E-state index < -0.39 is 9.84 Å². The fourth-order valence-electron chi connectivity index (χ4n) is 4.51. The minimum absolute atomic E-state index is 0.0372. The van der Waals surface area contributed by atoms with Crippen molar-refractivity contribution in [2.45, 2.75) is 26.8 Å². The molecule has 3 fully saturated rings. The van der Waals surface area contributed by atoms with E-state index >= 15 is 0 Å². The van der Waals surface area contributed by atoms with Gasteiger partial charge in [-0.25, -0.2) is 13.2 Å². The molecule has 8 heteroatoms. The van der Waals surface area contributed by atoms with Gasteiger partial charge in [-0.2, -0.15) is 0 Å². The maximum absolute atomic E-state index is 12.7. The summed E-state index contributed by atoms with van der Waals surface area (Å²) < 4.78 is 28.2. The molecule has 162 valence electrons. The number of hydrogen-bond donors (Lipinski definition) is 1. The smallest absolute Gasteiger partial charge is 0.317 e. The van der Waals surface area contributed by atoms with Crippen molar-refractivity contribution < 1.29 is 17.9 Å². The van der Waals surface area contributed by atoms with Crippen molar-refractivity contribution in [1.29, 1.82) is 0 Å². The number of carbonyl (C=O) groups excluding carboxylic acids is 1. The zero-order valence-corrected chi connectivity index (χ0v) is 18.6. The molecule has 2 amide bonds. The largest absolute Gasteiger partial charge is 0.494 e. The molecule has 29 heavy (non-hydrogen) atoms. The molecule has 0 spiro atoms. The van der Waals surface area contributed by atoms with E-state index in [1.54, 1.807) is 0 Å². The summed E-state index contributed by atoms with van der Waals surface area (Å²) in [5.74, 6) is 2.17. The highest BCUT2D eigenvalue weighted by Gasteiger charge is 2.44. The quantitative estimate of drug-likeness (QED) is 0.759. The molecule has 3 heterocycles. The lowest BCUT2D eigenvalue weighted by Crippen LogP contribution is -2.52. The average molecular weight is 424 g/mol. The number of hydrogen-bond acceptors (Lipinski definition) is 5. The van der Waals surface area contributed by atoms with Crippen LogP contribution in [0.2, 0.25) is 0 Å². The predicted molar refractivity (Wildman–Crippen MR) is 115 cm³/mol. The lowest BCUT2D eigenvalue weighted by atomic mass is 9.76. The van der Waals surface area contributed by atoms with Crippen LogP contribution in [0.5, 0.6) is 5.75 Å². The Labute approximate surface area is 174 Å². The van der Waals surface area contributed by atoms with Gasteiger partial charge in [0.2, 0.25) is 0 Å². The van der Waals surface area contributed by atoms with Crippen LogP contribution in [0.4, 0.5) is 10.5 Å². The van der Waals surface area contributed by atoms with Crippen LogP contribution >= 0.6 is 0 Å². The summed E-state index contributed by atoms with van der Waals surface area (Å²) in [6.07, 6.45) is 1.18. The molecule has 7 nitrogen and oxygen atoms in total. The predicted octanol–water partition coefficient (Wildman–Crippen LogP) is 2.23. The molecule has 4 rings (SSSR count). The number of nitrogens with one attached hydrogen (secondary N) is 1. The van der Waals surface area contributed by atoms with Crippen molar-refractivity contribution in [3.05, 3.63) is 24.3 Å². The first-order chi connectivity index (χ1) is 13.7. The number of anilines is 1. The number of carbonyl (C=O) groups is 1. The number of ether oxygens (including phenoxy) is 1. The van der Waals surface area contributed by atoms with Crippen molar-refractivity contribution in [3.8, 4) is 5.75 Å². The molecule has 2 bridgehead atoms. The van der Waals surface area contributed by atoms with Crippen molar-refractivity contribution in [2.24, 2.45) is 17.8 Å². The Morgan fingerprint density at radius 1 is 1.14 bits per heavy atom. The zero-order valence-electron chi connectivity index (χ0n) is 17.8. The van der Waals surface area contributed by atoms with E-state index in [1.807, 2.05) is 24.0 Å². The van der Waals surface area contributed by atoms with Crippen molar-refractivity contribution >= 4 is 21.6 Å². The summed E-state index contributed by atoms with van der Waals surface area (Å²) in [5, 5.41) is 2.78. The van der Waals surface area contributed by atoms with E-state index in [0.717, 1.165) is 18.0 Å². The number of urea groups is 1. The van der Waals surface area contributed by atoms with Crippen LogP contribution in [0, 0.1) is 17.8 Å². The normalized spacial score (nSPS) is 26.9. The zero-order chi connectivity index (χ0) is 21.2. The Bertz CT molecular complexity index is 812. The van der Waals surface area contributed by atoms with Gasteiger partial charge in [0.1, 0.15) is 15.6 Å². The lowest BCUT2D eigenvalue weighted by molar-refractivity contribution is 0.190. The van der Waals surface area contributed by atoms with Gasteiger partial charge in [-0.1, -0.05) is 13.8 Å². The van der Waals surface area contributed by atoms with Gasteiger partial charge in [0.05, 0.1) is 12.4 Å². The molecule has 0 radical (unpaired) electrons. The Kier molecular flexibility index (Phi) is 6.61. The fourth-order valence-corrected chi connectivity index (χ4v) is 4.98. The topological polar surface area (TPSA) is 79.0 Å². The number of amides is 2. The summed E-state index contributed by atoms with van der Waals surface area (Å²) >= 11 is 0. The highest BCUT2D eigenvalue weighted by molar-refractivity contribution is 7.90. The molecule has 2 unspecified atom stereocenters.